The predicted molar refractivity (Wildman–Crippen MR) is 473 cm³/mol. The highest BCUT2D eigenvalue weighted by Gasteiger charge is 2.42. The molecule has 27 heteroatoms. The summed E-state index contributed by atoms with van der Waals surface area (Å²) < 4.78 is 30.9. The molecule has 0 bridgehead atoms. The molecule has 14 heterocycles. The van der Waals surface area contributed by atoms with Gasteiger partial charge in [0.15, 0.2) is 0 Å². The number of carbonyl (C=O) groups is 6. The van der Waals surface area contributed by atoms with Crippen LogP contribution in [0.1, 0.15) is 232 Å². The Morgan fingerprint density at radius 2 is 0.636 bits per heavy atom. The first-order chi connectivity index (χ1) is 56.8. The highest BCUT2D eigenvalue weighted by molar-refractivity contribution is 5.82. The van der Waals surface area contributed by atoms with Crippen LogP contribution in [0.3, 0.4) is 0 Å². The zero-order valence-corrected chi connectivity index (χ0v) is 77.1. The molecule has 0 aromatic rings. The molecule has 0 aromatic carbocycles. The SMILES string of the molecule is CCC(=O)N1CCCCC1C1CCN(C)CC1.CN1CCC(N2CCC(F)(F)CC2)CC1.CN1CCC(N2CCCC[C@@H]2C(=O)N(C)C)CC1.CNC(=O)N1CCCCC1C1CCN(C)CC1.CNC(=O)[C@@H]1CCCCN1C1CCN(C)CC1.CNC(=O)[C@H]1CCCCN1C1CCN(C)CC1.COC(=O)[C@H]1CCCCN1C1CCN(C)CC1. The van der Waals surface area contributed by atoms with E-state index in [2.05, 4.69) is 134 Å². The number of hydrogen-bond donors (Lipinski definition) is 3. The number of likely N-dealkylation sites (N-methyl/N-ethyl adjacent to an activating group) is 3. The monoisotopic (exact) mass is 1670 g/mol. The minimum absolute atomic E-state index is 0.0159. The van der Waals surface area contributed by atoms with Crippen LogP contribution in [-0.4, -0.2) is 417 Å². The van der Waals surface area contributed by atoms with Crippen molar-refractivity contribution in [2.24, 2.45) is 11.8 Å². The molecule has 14 aliphatic heterocycles. The number of methoxy groups -OCH3 is 1. The van der Waals surface area contributed by atoms with Gasteiger partial charge in [-0.3, -0.25) is 48.5 Å². The summed E-state index contributed by atoms with van der Waals surface area (Å²) in [5.41, 5.74) is 0. The Morgan fingerprint density at radius 3 is 0.966 bits per heavy atom. The lowest BCUT2D eigenvalue weighted by Gasteiger charge is -2.44. The number of carbonyl (C=O) groups excluding carboxylic acids is 6. The third-order valence-corrected chi connectivity index (χ3v) is 29.6. The fourth-order valence-corrected chi connectivity index (χ4v) is 21.9. The maximum atomic E-state index is 13.0. The molecule has 14 rings (SSSR count). The lowest BCUT2D eigenvalue weighted by Crippen LogP contribution is -2.55. The van der Waals surface area contributed by atoms with E-state index in [-0.39, 0.29) is 60.8 Å². The summed E-state index contributed by atoms with van der Waals surface area (Å²) in [6, 6.07) is 4.55. The molecule has 0 saturated carbocycles. The van der Waals surface area contributed by atoms with Crippen LogP contribution in [-0.2, 0) is 28.7 Å². The molecule has 25 nitrogen and oxygen atoms in total. The van der Waals surface area contributed by atoms with Gasteiger partial charge in [-0.1, -0.05) is 32.6 Å². The molecule has 14 saturated heterocycles. The minimum Gasteiger partial charge on any atom is -0.468 e. The van der Waals surface area contributed by atoms with Gasteiger partial charge in [-0.05, 0) is 359 Å². The molecule has 0 spiro atoms. The quantitative estimate of drug-likeness (QED) is 0.157. The Hall–Kier alpha value is -4.00. The Balaban J connectivity index is 0.000000172. The van der Waals surface area contributed by atoms with Gasteiger partial charge in [0.05, 0.1) is 25.2 Å². The zero-order chi connectivity index (χ0) is 85.3. The van der Waals surface area contributed by atoms with Gasteiger partial charge in [0.2, 0.25) is 23.6 Å². The summed E-state index contributed by atoms with van der Waals surface area (Å²) in [6.07, 6.45) is 38.9. The second-order valence-corrected chi connectivity index (χ2v) is 38.1. The van der Waals surface area contributed by atoms with Crippen molar-refractivity contribution in [2.45, 2.75) is 304 Å². The standard InChI is InChI=1S/C14H27N3O.C14H26N2O.3C13H25N3O.C13H24N2O2.C11H20F2N2/c1-15(2)14(18)13-6-4-5-9-17(13)12-7-10-16(3)11-8-12;1-3-14(17)16-9-5-4-6-13(16)12-7-10-15(2)11-8-12;2*1-14-13(17)12-5-3-4-8-16(12)11-6-9-15(2)10-7-11;1-14-13(17)16-8-4-3-5-12(16)11-6-9-15(2)10-7-11;1-14-9-6-11(7-10-14)15-8-4-3-5-12(15)13(16)17-2;1-14-6-2-10(3-7-14)15-8-4-11(12,13)5-9-15/h12-13H,4-11H2,1-3H3;12-13H,3-11H2,1-2H3;3*11-12H,3-10H2,1-2H3,(H,14,17);11-12H,3-10H2,1-2H3;10H,2-9H2,1H3/t13-;;2*12-;;12-;/m1.10.1./s1. The van der Waals surface area contributed by atoms with E-state index in [9.17, 15) is 37.5 Å². The van der Waals surface area contributed by atoms with Crippen LogP contribution in [0.5, 0.6) is 0 Å². The van der Waals surface area contributed by atoms with Gasteiger partial charge in [0.1, 0.15) is 6.04 Å². The molecule has 0 radical (unpaired) electrons. The van der Waals surface area contributed by atoms with E-state index in [0.29, 0.717) is 79.5 Å². The number of hydrogen-bond acceptors (Lipinski definition) is 19. The average molecular weight is 1670 g/mol. The lowest BCUT2D eigenvalue weighted by atomic mass is 9.83. The summed E-state index contributed by atoms with van der Waals surface area (Å²) in [5.74, 6) is 0.117. The number of piperidine rings is 14. The van der Waals surface area contributed by atoms with Crippen molar-refractivity contribution in [3.05, 3.63) is 0 Å². The Morgan fingerprint density at radius 1 is 0.347 bits per heavy atom. The number of nitrogens with one attached hydrogen (secondary N) is 3. The second-order valence-electron chi connectivity index (χ2n) is 38.1. The summed E-state index contributed by atoms with van der Waals surface area (Å²) >= 11 is 0. The van der Waals surface area contributed by atoms with Gasteiger partial charge in [-0.2, -0.15) is 0 Å². The fourth-order valence-electron chi connectivity index (χ4n) is 21.9. The van der Waals surface area contributed by atoms with Crippen LogP contribution in [0, 0.1) is 11.8 Å². The van der Waals surface area contributed by atoms with Crippen molar-refractivity contribution in [3.63, 3.8) is 0 Å². The van der Waals surface area contributed by atoms with Gasteiger partial charge in [-0.25, -0.2) is 13.6 Å². The van der Waals surface area contributed by atoms with Crippen molar-refractivity contribution < 1.29 is 42.3 Å². The molecule has 2 unspecified atom stereocenters. The first-order valence-electron chi connectivity index (χ1n) is 47.7. The average Bonchev–Trinajstić information content (AvgIpc) is 0.813. The van der Waals surface area contributed by atoms with Crippen LogP contribution in [0.2, 0.25) is 0 Å². The molecular weight excluding hydrogens is 1500 g/mol. The normalized spacial score (nSPS) is 28.9. The van der Waals surface area contributed by atoms with Crippen LogP contribution < -0.4 is 16.0 Å². The number of likely N-dealkylation sites (tertiary alicyclic amines) is 14. The summed E-state index contributed by atoms with van der Waals surface area (Å²) in [5, 5.41) is 8.43. The van der Waals surface area contributed by atoms with Gasteiger partial charge in [-0.15, -0.1) is 0 Å². The fraction of sp³-hybridized carbons (Fsp3) is 0.934. The largest absolute Gasteiger partial charge is 0.468 e. The van der Waals surface area contributed by atoms with Gasteiger partial charge >= 0.3 is 12.0 Å². The molecule has 6 atom stereocenters. The molecule has 3 N–H and O–H groups in total. The minimum atomic E-state index is -2.40. The maximum absolute atomic E-state index is 13.0. The van der Waals surface area contributed by atoms with Gasteiger partial charge in [0, 0.05) is 123 Å². The smallest absolute Gasteiger partial charge is 0.323 e. The number of rotatable bonds is 12. The van der Waals surface area contributed by atoms with E-state index in [1.807, 2.05) is 21.0 Å². The van der Waals surface area contributed by atoms with Crippen molar-refractivity contribution in [1.82, 2.24) is 89.4 Å². The summed E-state index contributed by atoms with van der Waals surface area (Å²) in [7, 11) is 25.7. The Labute approximate surface area is 715 Å². The van der Waals surface area contributed by atoms with E-state index in [4.69, 9.17) is 4.74 Å². The molecule has 14 aliphatic rings. The first kappa shape index (κ1) is 99.4. The molecule has 14 fully saturated rings. The third-order valence-electron chi connectivity index (χ3n) is 29.6. The van der Waals surface area contributed by atoms with Crippen molar-refractivity contribution in [2.75, 3.05) is 236 Å². The molecule has 6 amide bonds. The summed E-state index contributed by atoms with van der Waals surface area (Å²) in [6.45, 7) is 25.8. The van der Waals surface area contributed by atoms with E-state index >= 15 is 0 Å². The molecule has 0 aromatic heterocycles. The number of halogens is 2. The van der Waals surface area contributed by atoms with Crippen molar-refractivity contribution in [1.29, 1.82) is 0 Å². The zero-order valence-electron chi connectivity index (χ0n) is 77.1. The highest BCUT2D eigenvalue weighted by atomic mass is 19.3. The van der Waals surface area contributed by atoms with Gasteiger partial charge in [0.25, 0.3) is 5.92 Å². The molecule has 682 valence electrons. The second kappa shape index (κ2) is 52.1. The Bertz CT molecular complexity index is 2540. The molecule has 0 aliphatic carbocycles. The van der Waals surface area contributed by atoms with E-state index < -0.39 is 5.92 Å². The molecule has 118 heavy (non-hydrogen) atoms. The van der Waals surface area contributed by atoms with Gasteiger partial charge < -0.3 is 69.7 Å². The van der Waals surface area contributed by atoms with E-state index in [1.54, 1.807) is 26.0 Å². The van der Waals surface area contributed by atoms with E-state index in [1.165, 1.54) is 227 Å². The number of esters is 1. The summed E-state index contributed by atoms with van der Waals surface area (Å²) in [4.78, 5) is 107. The van der Waals surface area contributed by atoms with Crippen LogP contribution in [0.25, 0.3) is 0 Å². The third kappa shape index (κ3) is 31.3. The lowest BCUT2D eigenvalue weighted by molar-refractivity contribution is -0.150. The number of nitrogens with zero attached hydrogens (tertiary/aromatic N) is 15. The number of ether oxygens (including phenoxy) is 1. The highest BCUT2D eigenvalue weighted by Crippen LogP contribution is 2.36. The number of amides is 6. The van der Waals surface area contributed by atoms with E-state index in [0.717, 1.165) is 123 Å². The van der Waals surface area contributed by atoms with Crippen LogP contribution >= 0.6 is 0 Å². The van der Waals surface area contributed by atoms with Crippen LogP contribution in [0.4, 0.5) is 13.6 Å². The predicted octanol–water partition coefficient (Wildman–Crippen LogP) is 8.95. The number of alkyl halides is 2. The van der Waals surface area contributed by atoms with Crippen molar-refractivity contribution in [3.8, 4) is 0 Å². The number of urea groups is 1. The maximum Gasteiger partial charge on any atom is 0.323 e. The topological polar surface area (TPSA) is 196 Å². The first-order valence-corrected chi connectivity index (χ1v) is 47.7. The molecular formula is C91H172F2N18O7. The Kier molecular flexibility index (Phi) is 43.9. The van der Waals surface area contributed by atoms with Crippen molar-refractivity contribution >= 4 is 35.6 Å². The van der Waals surface area contributed by atoms with Crippen LogP contribution in [0.15, 0.2) is 0 Å².